The van der Waals surface area contributed by atoms with Crippen LogP contribution in [-0.4, -0.2) is 50.1 Å². The van der Waals surface area contributed by atoms with Crippen molar-refractivity contribution >= 4 is 17.4 Å². The highest BCUT2D eigenvalue weighted by Gasteiger charge is 2.44. The molecule has 2 aromatic rings. The van der Waals surface area contributed by atoms with Crippen LogP contribution in [0.2, 0.25) is 5.02 Å². The Balaban J connectivity index is 1.93. The Morgan fingerprint density at radius 2 is 1.81 bits per heavy atom. The zero-order chi connectivity index (χ0) is 19.7. The van der Waals surface area contributed by atoms with Gasteiger partial charge in [-0.2, -0.15) is 0 Å². The lowest BCUT2D eigenvalue weighted by atomic mass is 10.1. The molecule has 0 unspecified atom stereocenters. The van der Waals surface area contributed by atoms with Crippen molar-refractivity contribution in [1.82, 2.24) is 9.13 Å². The van der Waals surface area contributed by atoms with Crippen molar-refractivity contribution in [3.05, 3.63) is 68.0 Å². The maximum atomic E-state index is 12.9. The molecule has 0 bridgehead atoms. The Kier molecular flexibility index (Phi) is 5.56. The Bertz CT molecular complexity index is 957. The topological polar surface area (TPSA) is 111 Å². The monoisotopic (exact) mass is 398 g/mol. The predicted molar refractivity (Wildman–Crippen MR) is 92.6 cm³/mol. The fraction of sp³-hybridized carbons (Fsp3) is 0.353. The van der Waals surface area contributed by atoms with Crippen LogP contribution in [0.5, 0.6) is 0 Å². The van der Waals surface area contributed by atoms with E-state index in [0.29, 0.717) is 9.59 Å². The average Bonchev–Trinajstić information content (AvgIpc) is 2.94. The van der Waals surface area contributed by atoms with Crippen LogP contribution in [0.3, 0.4) is 0 Å². The molecule has 144 valence electrons. The van der Waals surface area contributed by atoms with E-state index in [0.717, 1.165) is 16.8 Å². The Hall–Kier alpha value is -2.33. The molecule has 0 amide bonds. The number of rotatable bonds is 5. The van der Waals surface area contributed by atoms with Gasteiger partial charge in [-0.3, -0.25) is 18.7 Å². The summed E-state index contributed by atoms with van der Waals surface area (Å²) in [6.07, 6.45) is -4.71. The van der Waals surface area contributed by atoms with Gasteiger partial charge in [0.2, 0.25) is 0 Å². The van der Waals surface area contributed by atoms with E-state index in [9.17, 15) is 29.0 Å². The summed E-state index contributed by atoms with van der Waals surface area (Å²) >= 11 is 5.77. The molecule has 1 aliphatic heterocycles. The van der Waals surface area contributed by atoms with Crippen LogP contribution in [0.25, 0.3) is 0 Å². The number of ketones is 1. The molecule has 1 aromatic heterocycles. The molecule has 3 rings (SSSR count). The molecule has 2 N–H and O–H groups in total. The molecule has 0 radical (unpaired) electrons. The number of Topliss-reactive ketones (excluding diaryl/α,β-unsaturated/α-hetero) is 1. The minimum Gasteiger partial charge on any atom is -0.387 e. The minimum atomic E-state index is -1.57. The molecule has 1 fully saturated rings. The number of hydrogen-bond acceptors (Lipinski definition) is 6. The van der Waals surface area contributed by atoms with Crippen LogP contribution in [0, 0.1) is 0 Å². The highest BCUT2D eigenvalue weighted by Crippen LogP contribution is 2.28. The molecule has 27 heavy (non-hydrogen) atoms. The van der Waals surface area contributed by atoms with Gasteiger partial charge in [-0.25, -0.2) is 9.18 Å². The molecule has 1 saturated heterocycles. The van der Waals surface area contributed by atoms with Crippen molar-refractivity contribution in [3.8, 4) is 0 Å². The lowest BCUT2D eigenvalue weighted by Gasteiger charge is -2.18. The van der Waals surface area contributed by atoms with E-state index in [-0.39, 0.29) is 5.56 Å². The molecule has 1 aliphatic rings. The third kappa shape index (κ3) is 3.72. The lowest BCUT2D eigenvalue weighted by molar-refractivity contribution is -0.0461. The standard InChI is InChI=1S/C17H16ClFN2O6/c18-10-3-1-9(2-4-10)11(22)8-21-13(23)5-6-20(17(21)26)16-15(25)14(24)12(7-19)27-16/h1-6,12,14-16,24-25H,7-8H2/t12-,14-,15-,16-/m1/s1. The minimum absolute atomic E-state index is 0.256. The summed E-state index contributed by atoms with van der Waals surface area (Å²) in [6.45, 7) is -1.60. The third-order valence-electron chi connectivity index (χ3n) is 4.33. The number of aliphatic hydroxyl groups excluding tert-OH is 2. The van der Waals surface area contributed by atoms with Gasteiger partial charge in [0.25, 0.3) is 5.56 Å². The first-order chi connectivity index (χ1) is 12.8. The van der Waals surface area contributed by atoms with Gasteiger partial charge >= 0.3 is 5.69 Å². The van der Waals surface area contributed by atoms with Gasteiger partial charge in [-0.1, -0.05) is 11.6 Å². The maximum absolute atomic E-state index is 12.9. The second-order valence-electron chi connectivity index (χ2n) is 6.06. The van der Waals surface area contributed by atoms with Crippen LogP contribution < -0.4 is 11.2 Å². The van der Waals surface area contributed by atoms with E-state index in [1.165, 1.54) is 24.3 Å². The molecule has 0 saturated carbocycles. The second-order valence-corrected chi connectivity index (χ2v) is 6.50. The summed E-state index contributed by atoms with van der Waals surface area (Å²) in [4.78, 5) is 37.0. The fourth-order valence-corrected chi connectivity index (χ4v) is 2.95. The van der Waals surface area contributed by atoms with Crippen LogP contribution in [0.4, 0.5) is 4.39 Å². The van der Waals surface area contributed by atoms with Crippen molar-refractivity contribution in [2.24, 2.45) is 0 Å². The second kappa shape index (κ2) is 7.73. The maximum Gasteiger partial charge on any atom is 0.333 e. The highest BCUT2D eigenvalue weighted by atomic mass is 35.5. The SMILES string of the molecule is O=C(Cn1c(=O)ccn([C@@H]2O[C@H](CF)[C@@H](O)[C@H]2O)c1=O)c1ccc(Cl)cc1. The molecule has 8 nitrogen and oxygen atoms in total. The molecular weight excluding hydrogens is 383 g/mol. The van der Waals surface area contributed by atoms with Crippen LogP contribution >= 0.6 is 11.6 Å². The van der Waals surface area contributed by atoms with Crippen LogP contribution in [0.1, 0.15) is 16.6 Å². The number of alkyl halides is 1. The number of carbonyl (C=O) groups excluding carboxylic acids is 1. The largest absolute Gasteiger partial charge is 0.387 e. The van der Waals surface area contributed by atoms with Gasteiger partial charge in [-0.15, -0.1) is 0 Å². The molecule has 0 spiro atoms. The van der Waals surface area contributed by atoms with E-state index in [1.54, 1.807) is 0 Å². The van der Waals surface area contributed by atoms with E-state index in [4.69, 9.17) is 16.3 Å². The van der Waals surface area contributed by atoms with Gasteiger partial charge in [-0.05, 0) is 24.3 Å². The summed E-state index contributed by atoms with van der Waals surface area (Å²) in [5.41, 5.74) is -1.40. The predicted octanol–water partition coefficient (Wildman–Crippen LogP) is 0.135. The number of halogens is 2. The van der Waals surface area contributed by atoms with Gasteiger partial charge in [0.1, 0.15) is 25.0 Å². The molecule has 4 atom stereocenters. The number of aromatic nitrogens is 2. The van der Waals surface area contributed by atoms with Gasteiger partial charge in [0.15, 0.2) is 12.0 Å². The summed E-state index contributed by atoms with van der Waals surface area (Å²) in [6, 6.07) is 6.94. The van der Waals surface area contributed by atoms with Crippen LogP contribution in [-0.2, 0) is 11.3 Å². The van der Waals surface area contributed by atoms with E-state index >= 15 is 0 Å². The molecule has 10 heteroatoms. The van der Waals surface area contributed by atoms with Crippen molar-refractivity contribution in [2.75, 3.05) is 6.67 Å². The quantitative estimate of drug-likeness (QED) is 0.693. The van der Waals surface area contributed by atoms with Gasteiger partial charge in [0.05, 0.1) is 6.54 Å². The van der Waals surface area contributed by atoms with Crippen molar-refractivity contribution < 1.29 is 24.1 Å². The summed E-state index contributed by atoms with van der Waals surface area (Å²) in [5.74, 6) is -0.502. The third-order valence-corrected chi connectivity index (χ3v) is 4.58. The van der Waals surface area contributed by atoms with Crippen molar-refractivity contribution in [1.29, 1.82) is 0 Å². The number of hydrogen-bond donors (Lipinski definition) is 2. The molecule has 1 aromatic carbocycles. The van der Waals surface area contributed by atoms with Crippen molar-refractivity contribution in [2.45, 2.75) is 31.1 Å². The molecule has 0 aliphatic carbocycles. The first kappa shape index (κ1) is 19.4. The zero-order valence-corrected chi connectivity index (χ0v) is 14.6. The number of carbonyl (C=O) groups is 1. The first-order valence-corrected chi connectivity index (χ1v) is 8.39. The number of ether oxygens (including phenoxy) is 1. The Morgan fingerprint density at radius 3 is 2.41 bits per heavy atom. The smallest absolute Gasteiger partial charge is 0.333 e. The number of aliphatic hydroxyl groups is 2. The Labute approximate surface area is 157 Å². The van der Waals surface area contributed by atoms with Crippen LogP contribution in [0.15, 0.2) is 46.1 Å². The fourth-order valence-electron chi connectivity index (χ4n) is 2.83. The van der Waals surface area contributed by atoms with E-state index in [2.05, 4.69) is 0 Å². The van der Waals surface area contributed by atoms with Gasteiger partial charge < -0.3 is 14.9 Å². The highest BCUT2D eigenvalue weighted by molar-refractivity contribution is 6.30. The van der Waals surface area contributed by atoms with E-state index in [1.807, 2.05) is 0 Å². The van der Waals surface area contributed by atoms with Gasteiger partial charge in [0, 0.05) is 22.8 Å². The molecule has 2 heterocycles. The average molecular weight is 399 g/mol. The summed E-state index contributed by atoms with van der Waals surface area (Å²) in [5, 5.41) is 20.2. The normalized spacial score (nSPS) is 24.9. The number of nitrogens with zero attached hydrogens (tertiary/aromatic N) is 2. The van der Waals surface area contributed by atoms with E-state index < -0.39 is 54.8 Å². The lowest BCUT2D eigenvalue weighted by Crippen LogP contribution is -2.44. The Morgan fingerprint density at radius 1 is 1.15 bits per heavy atom. The molecular formula is C17H16ClFN2O6. The zero-order valence-electron chi connectivity index (χ0n) is 13.9. The summed E-state index contributed by atoms with van der Waals surface area (Å²) < 4.78 is 19.5. The summed E-state index contributed by atoms with van der Waals surface area (Å²) in [7, 11) is 0. The first-order valence-electron chi connectivity index (χ1n) is 8.02. The number of benzene rings is 1. The van der Waals surface area contributed by atoms with Crippen molar-refractivity contribution in [3.63, 3.8) is 0 Å².